The van der Waals surface area contributed by atoms with E-state index in [1.165, 1.54) is 51.4 Å². The Morgan fingerprint density at radius 2 is 1.37 bits per heavy atom. The van der Waals surface area contributed by atoms with Crippen LogP contribution in [-0.4, -0.2) is 68.5 Å². The minimum absolute atomic E-state index is 0.0119. The van der Waals surface area contributed by atoms with Crippen molar-refractivity contribution in [3.8, 4) is 0 Å². The fraction of sp³-hybridized carbons (Fsp3) is 0.781. The first-order chi connectivity index (χ1) is 19.5. The van der Waals surface area contributed by atoms with E-state index in [0.29, 0.717) is 17.4 Å². The molecule has 3 atom stereocenters. The van der Waals surface area contributed by atoms with Crippen LogP contribution in [0.3, 0.4) is 0 Å². The number of phosphoric ester groups is 1. The second kappa shape index (κ2) is 25.2. The maximum atomic E-state index is 12.6. The van der Waals surface area contributed by atoms with Crippen molar-refractivity contribution in [2.24, 2.45) is 0 Å². The average Bonchev–Trinajstić information content (AvgIpc) is 2.90. The highest BCUT2D eigenvalue weighted by Gasteiger charge is 2.23. The summed E-state index contributed by atoms with van der Waals surface area (Å²) in [6, 6.07) is -0.911. The van der Waals surface area contributed by atoms with Crippen molar-refractivity contribution in [2.45, 2.75) is 122 Å². The number of amides is 1. The van der Waals surface area contributed by atoms with E-state index in [-0.39, 0.29) is 18.9 Å². The number of hydrogen-bond donors (Lipinski definition) is 2. The number of hydrogen-bond acceptors (Lipinski definition) is 6. The number of phosphoric acid groups is 1. The van der Waals surface area contributed by atoms with Crippen LogP contribution in [0.5, 0.6) is 0 Å². The van der Waals surface area contributed by atoms with Gasteiger partial charge in [-0.2, -0.15) is 0 Å². The molecule has 240 valence electrons. The highest BCUT2D eigenvalue weighted by atomic mass is 31.2. The van der Waals surface area contributed by atoms with E-state index >= 15 is 0 Å². The molecule has 41 heavy (non-hydrogen) atoms. The smallest absolute Gasteiger partial charge is 0.268 e. The molecular weight excluding hydrogens is 539 g/mol. The number of allylic oxidation sites excluding steroid dienone is 5. The number of likely N-dealkylation sites (N-methyl/N-ethyl adjacent to an activating group) is 1. The normalized spacial score (nSPS) is 15.6. The molecule has 0 aromatic rings. The van der Waals surface area contributed by atoms with Gasteiger partial charge in [0.15, 0.2) is 0 Å². The standard InChI is InChI=1S/C32H61N2O6P/c1-6-8-10-12-14-16-18-19-21-23-25-31(35)30(29-40-41(37,38)39-28-27-34(3,4)5)33-32(36)26-24-22-20-17-15-13-11-9-7-2/h16-18,20,23,25,30-31,35H,6-15,19,21-22,24,26-29H2,1-5H3,(H-,33,36,37,38)/b18-16+,20-17-,25-23+. The molecule has 0 aliphatic heterocycles. The number of carbonyl (C=O) groups excluding carboxylic acids is 1. The molecule has 0 bridgehead atoms. The molecule has 0 fully saturated rings. The third kappa shape index (κ3) is 27.3. The Kier molecular flexibility index (Phi) is 24.5. The molecule has 0 radical (unpaired) electrons. The Bertz CT molecular complexity index is 779. The monoisotopic (exact) mass is 600 g/mol. The lowest BCUT2D eigenvalue weighted by Crippen LogP contribution is -2.45. The van der Waals surface area contributed by atoms with Gasteiger partial charge in [-0.3, -0.25) is 9.36 Å². The van der Waals surface area contributed by atoms with Gasteiger partial charge in [-0.05, 0) is 51.4 Å². The van der Waals surface area contributed by atoms with Gasteiger partial charge in [-0.1, -0.05) is 88.8 Å². The number of rotatable bonds is 27. The summed E-state index contributed by atoms with van der Waals surface area (Å²) in [6.45, 7) is 4.47. The van der Waals surface area contributed by atoms with Crippen LogP contribution in [0.4, 0.5) is 0 Å². The molecular formula is C32H61N2O6P. The van der Waals surface area contributed by atoms with Crippen molar-refractivity contribution >= 4 is 13.7 Å². The molecule has 0 saturated heterocycles. The van der Waals surface area contributed by atoms with Crippen LogP contribution >= 0.6 is 7.82 Å². The predicted molar refractivity (Wildman–Crippen MR) is 168 cm³/mol. The van der Waals surface area contributed by atoms with Crippen LogP contribution in [0.15, 0.2) is 36.5 Å². The van der Waals surface area contributed by atoms with Crippen LogP contribution in [-0.2, 0) is 18.4 Å². The summed E-state index contributed by atoms with van der Waals surface area (Å²) in [5.74, 6) is -0.250. The average molecular weight is 601 g/mol. The molecule has 0 heterocycles. The third-order valence-corrected chi connectivity index (χ3v) is 7.54. The fourth-order valence-corrected chi connectivity index (χ4v) is 4.65. The highest BCUT2D eigenvalue weighted by Crippen LogP contribution is 2.38. The molecule has 0 saturated carbocycles. The van der Waals surface area contributed by atoms with Gasteiger partial charge in [-0.25, -0.2) is 0 Å². The number of unbranched alkanes of at least 4 members (excludes halogenated alkanes) is 10. The number of aliphatic hydroxyl groups is 1. The SMILES string of the molecule is CCCCCC/C=C\CCCC(=O)NC(COP(=O)([O-])OCC[N+](C)(C)C)C(O)/C=C/CC/C=C/CCCCCC. The zero-order valence-electron chi connectivity index (χ0n) is 26.7. The van der Waals surface area contributed by atoms with Crippen molar-refractivity contribution in [3.63, 3.8) is 0 Å². The van der Waals surface area contributed by atoms with E-state index in [1.807, 2.05) is 27.2 Å². The first kappa shape index (κ1) is 39.7. The molecule has 0 aliphatic carbocycles. The molecule has 0 aromatic heterocycles. The Balaban J connectivity index is 4.79. The molecule has 0 spiro atoms. The Morgan fingerprint density at radius 3 is 1.93 bits per heavy atom. The molecule has 0 aromatic carbocycles. The first-order valence-electron chi connectivity index (χ1n) is 15.9. The number of carbonyl (C=O) groups is 1. The zero-order chi connectivity index (χ0) is 30.8. The molecule has 2 N–H and O–H groups in total. The minimum Gasteiger partial charge on any atom is -0.756 e. The van der Waals surface area contributed by atoms with E-state index < -0.39 is 26.6 Å². The highest BCUT2D eigenvalue weighted by molar-refractivity contribution is 7.45. The Hall–Kier alpha value is -1.28. The van der Waals surface area contributed by atoms with Crippen molar-refractivity contribution in [3.05, 3.63) is 36.5 Å². The van der Waals surface area contributed by atoms with Crippen molar-refractivity contribution in [1.82, 2.24) is 5.32 Å². The molecule has 1 amide bonds. The summed E-state index contributed by atoms with van der Waals surface area (Å²) >= 11 is 0. The maximum Gasteiger partial charge on any atom is 0.268 e. The molecule has 0 rings (SSSR count). The summed E-state index contributed by atoms with van der Waals surface area (Å²) in [7, 11) is 1.22. The topological polar surface area (TPSA) is 108 Å². The van der Waals surface area contributed by atoms with Gasteiger partial charge in [0.05, 0.1) is 39.9 Å². The van der Waals surface area contributed by atoms with Gasteiger partial charge in [0.1, 0.15) is 13.2 Å². The third-order valence-electron chi connectivity index (χ3n) is 6.57. The molecule has 8 nitrogen and oxygen atoms in total. The molecule has 3 unspecified atom stereocenters. The molecule has 0 aliphatic rings. The number of quaternary nitrogens is 1. The minimum atomic E-state index is -4.58. The first-order valence-corrected chi connectivity index (χ1v) is 17.3. The lowest BCUT2D eigenvalue weighted by molar-refractivity contribution is -0.870. The Labute approximate surface area is 251 Å². The van der Waals surface area contributed by atoms with E-state index in [9.17, 15) is 19.4 Å². The van der Waals surface area contributed by atoms with E-state index in [0.717, 1.165) is 32.1 Å². The van der Waals surface area contributed by atoms with Crippen LogP contribution in [0.25, 0.3) is 0 Å². The largest absolute Gasteiger partial charge is 0.756 e. The fourth-order valence-electron chi connectivity index (χ4n) is 3.93. The number of nitrogens with zero attached hydrogens (tertiary/aromatic N) is 1. The van der Waals surface area contributed by atoms with Crippen LogP contribution in [0.1, 0.15) is 110 Å². The van der Waals surface area contributed by atoms with Gasteiger partial charge in [0.2, 0.25) is 5.91 Å². The Morgan fingerprint density at radius 1 is 0.829 bits per heavy atom. The predicted octanol–water partition coefficient (Wildman–Crippen LogP) is 6.60. The lowest BCUT2D eigenvalue weighted by Gasteiger charge is -2.29. The van der Waals surface area contributed by atoms with E-state index in [1.54, 1.807) is 6.08 Å². The van der Waals surface area contributed by atoms with E-state index in [4.69, 9.17) is 9.05 Å². The van der Waals surface area contributed by atoms with Gasteiger partial charge in [-0.15, -0.1) is 0 Å². The number of aliphatic hydroxyl groups excluding tert-OH is 1. The molecule has 9 heteroatoms. The van der Waals surface area contributed by atoms with Crippen LogP contribution in [0, 0.1) is 0 Å². The van der Waals surface area contributed by atoms with Crippen molar-refractivity contribution in [1.29, 1.82) is 0 Å². The van der Waals surface area contributed by atoms with Gasteiger partial charge in [0.25, 0.3) is 7.82 Å². The zero-order valence-corrected chi connectivity index (χ0v) is 27.6. The second-order valence-corrected chi connectivity index (χ2v) is 13.2. The van der Waals surface area contributed by atoms with Crippen LogP contribution < -0.4 is 10.2 Å². The van der Waals surface area contributed by atoms with Crippen molar-refractivity contribution < 1.29 is 32.9 Å². The van der Waals surface area contributed by atoms with Gasteiger partial charge in [0, 0.05) is 6.42 Å². The quantitative estimate of drug-likeness (QED) is 0.0476. The maximum absolute atomic E-state index is 12.6. The summed E-state index contributed by atoms with van der Waals surface area (Å²) in [6.07, 6.45) is 26.4. The lowest BCUT2D eigenvalue weighted by atomic mass is 10.1. The summed E-state index contributed by atoms with van der Waals surface area (Å²) in [5, 5.41) is 13.5. The second-order valence-electron chi connectivity index (χ2n) is 11.8. The van der Waals surface area contributed by atoms with Crippen molar-refractivity contribution in [2.75, 3.05) is 40.9 Å². The van der Waals surface area contributed by atoms with Crippen LogP contribution in [0.2, 0.25) is 0 Å². The summed E-state index contributed by atoms with van der Waals surface area (Å²) in [5.41, 5.74) is 0. The summed E-state index contributed by atoms with van der Waals surface area (Å²) in [4.78, 5) is 24.9. The van der Waals surface area contributed by atoms with Gasteiger partial charge < -0.3 is 28.8 Å². The number of nitrogens with one attached hydrogen (secondary N) is 1. The van der Waals surface area contributed by atoms with E-state index in [2.05, 4.69) is 43.5 Å². The summed E-state index contributed by atoms with van der Waals surface area (Å²) < 4.78 is 22.9. The van der Waals surface area contributed by atoms with Gasteiger partial charge >= 0.3 is 0 Å².